The molecule has 0 aromatic heterocycles. The third kappa shape index (κ3) is 6.29. The Hall–Kier alpha value is -1.06. The van der Waals surface area contributed by atoms with Gasteiger partial charge < -0.3 is 10.6 Å². The number of amides is 1. The number of halogens is 1. The average Bonchev–Trinajstić information content (AvgIpc) is 2.27. The number of hydrogen-bond acceptors (Lipinski definition) is 2. The van der Waals surface area contributed by atoms with Crippen molar-refractivity contribution < 1.29 is 4.79 Å². The fourth-order valence-corrected chi connectivity index (χ4v) is 1.54. The van der Waals surface area contributed by atoms with E-state index in [4.69, 9.17) is 11.6 Å². The molecule has 1 amide bonds. The predicted molar refractivity (Wildman–Crippen MR) is 71.3 cm³/mol. The Morgan fingerprint density at radius 1 is 1.24 bits per heavy atom. The lowest BCUT2D eigenvalue weighted by atomic mass is 10.1. The van der Waals surface area contributed by atoms with Gasteiger partial charge in [0.15, 0.2) is 0 Å². The molecule has 0 aliphatic carbocycles. The molecule has 0 bridgehead atoms. The zero-order valence-corrected chi connectivity index (χ0v) is 11.1. The summed E-state index contributed by atoms with van der Waals surface area (Å²) in [6.07, 6.45) is 0.402. The van der Waals surface area contributed by atoms with Gasteiger partial charge in [-0.25, -0.2) is 0 Å². The third-order valence-corrected chi connectivity index (χ3v) is 2.53. The standard InChI is InChI=1S/C13H19ClN2O/c1-10(2)15-7-8-16-13(17)9-11-3-5-12(14)6-4-11/h3-6,10,15H,7-9H2,1-2H3,(H,16,17). The van der Waals surface area contributed by atoms with Crippen molar-refractivity contribution in [2.24, 2.45) is 0 Å². The van der Waals surface area contributed by atoms with E-state index in [0.717, 1.165) is 12.1 Å². The van der Waals surface area contributed by atoms with Gasteiger partial charge in [0, 0.05) is 24.2 Å². The molecule has 4 heteroatoms. The Morgan fingerprint density at radius 3 is 2.47 bits per heavy atom. The van der Waals surface area contributed by atoms with Crippen LogP contribution in [0.25, 0.3) is 0 Å². The van der Waals surface area contributed by atoms with Gasteiger partial charge in [0.1, 0.15) is 0 Å². The second-order valence-corrected chi connectivity index (χ2v) is 4.70. The maximum Gasteiger partial charge on any atom is 0.224 e. The van der Waals surface area contributed by atoms with Crippen molar-refractivity contribution in [1.29, 1.82) is 0 Å². The van der Waals surface area contributed by atoms with Gasteiger partial charge in [0.2, 0.25) is 5.91 Å². The fraction of sp³-hybridized carbons (Fsp3) is 0.462. The number of hydrogen-bond donors (Lipinski definition) is 2. The first-order valence-corrected chi connectivity index (χ1v) is 6.20. The lowest BCUT2D eigenvalue weighted by molar-refractivity contribution is -0.120. The minimum absolute atomic E-state index is 0.0397. The molecular weight excluding hydrogens is 236 g/mol. The zero-order chi connectivity index (χ0) is 12.7. The third-order valence-electron chi connectivity index (χ3n) is 2.28. The van der Waals surface area contributed by atoms with Crippen molar-refractivity contribution in [3.8, 4) is 0 Å². The molecule has 0 aliphatic rings. The lowest BCUT2D eigenvalue weighted by Crippen LogP contribution is -2.35. The number of rotatable bonds is 6. The molecule has 1 aromatic carbocycles. The number of nitrogens with one attached hydrogen (secondary N) is 2. The van der Waals surface area contributed by atoms with Crippen LogP contribution in [-0.4, -0.2) is 25.0 Å². The van der Waals surface area contributed by atoms with E-state index >= 15 is 0 Å². The molecule has 2 N–H and O–H groups in total. The summed E-state index contributed by atoms with van der Waals surface area (Å²) in [5.74, 6) is 0.0397. The Balaban J connectivity index is 2.23. The number of carbonyl (C=O) groups is 1. The van der Waals surface area contributed by atoms with Gasteiger partial charge in [0.25, 0.3) is 0 Å². The summed E-state index contributed by atoms with van der Waals surface area (Å²) >= 11 is 5.77. The van der Waals surface area contributed by atoms with Crippen LogP contribution >= 0.6 is 11.6 Å². The summed E-state index contributed by atoms with van der Waals surface area (Å²) in [6, 6.07) is 7.78. The molecule has 0 saturated carbocycles. The normalized spacial score (nSPS) is 10.6. The Morgan fingerprint density at radius 2 is 1.88 bits per heavy atom. The van der Waals surface area contributed by atoms with Crippen LogP contribution < -0.4 is 10.6 Å². The minimum atomic E-state index is 0.0397. The SMILES string of the molecule is CC(C)NCCNC(=O)Cc1ccc(Cl)cc1. The molecule has 94 valence electrons. The molecular formula is C13H19ClN2O. The molecule has 3 nitrogen and oxygen atoms in total. The van der Waals surface area contributed by atoms with Gasteiger partial charge in [-0.2, -0.15) is 0 Å². The van der Waals surface area contributed by atoms with Crippen LogP contribution in [0.5, 0.6) is 0 Å². The molecule has 17 heavy (non-hydrogen) atoms. The molecule has 0 saturated heterocycles. The molecule has 0 heterocycles. The molecule has 0 aliphatic heterocycles. The molecule has 0 radical (unpaired) electrons. The number of carbonyl (C=O) groups excluding carboxylic acids is 1. The van der Waals surface area contributed by atoms with Gasteiger partial charge in [0.05, 0.1) is 6.42 Å². The molecule has 1 aromatic rings. The fourth-order valence-electron chi connectivity index (χ4n) is 1.41. The van der Waals surface area contributed by atoms with Gasteiger partial charge in [-0.15, -0.1) is 0 Å². The van der Waals surface area contributed by atoms with Crippen molar-refractivity contribution in [3.05, 3.63) is 34.9 Å². The van der Waals surface area contributed by atoms with E-state index in [2.05, 4.69) is 24.5 Å². The molecule has 0 unspecified atom stereocenters. The average molecular weight is 255 g/mol. The van der Waals surface area contributed by atoms with E-state index in [1.54, 1.807) is 12.1 Å². The van der Waals surface area contributed by atoms with E-state index in [1.165, 1.54) is 0 Å². The minimum Gasteiger partial charge on any atom is -0.355 e. The van der Waals surface area contributed by atoms with E-state index in [9.17, 15) is 4.79 Å². The van der Waals surface area contributed by atoms with Crippen LogP contribution in [0, 0.1) is 0 Å². The monoisotopic (exact) mass is 254 g/mol. The van der Waals surface area contributed by atoms with Gasteiger partial charge in [-0.3, -0.25) is 4.79 Å². The first-order chi connectivity index (χ1) is 8.08. The first kappa shape index (κ1) is 14.0. The maximum absolute atomic E-state index is 11.6. The zero-order valence-electron chi connectivity index (χ0n) is 10.3. The Bertz CT molecular complexity index is 349. The summed E-state index contributed by atoms with van der Waals surface area (Å²) in [6.45, 7) is 5.61. The highest BCUT2D eigenvalue weighted by Crippen LogP contribution is 2.09. The second-order valence-electron chi connectivity index (χ2n) is 4.26. The molecule has 0 fully saturated rings. The van der Waals surface area contributed by atoms with E-state index < -0.39 is 0 Å². The van der Waals surface area contributed by atoms with Gasteiger partial charge in [-0.1, -0.05) is 37.6 Å². The van der Waals surface area contributed by atoms with Crippen LogP contribution in [0.4, 0.5) is 0 Å². The van der Waals surface area contributed by atoms with Crippen LogP contribution in [0.2, 0.25) is 5.02 Å². The van der Waals surface area contributed by atoms with Crippen LogP contribution in [-0.2, 0) is 11.2 Å². The Kier molecular flexibility index (Phi) is 6.01. The van der Waals surface area contributed by atoms with Gasteiger partial charge in [-0.05, 0) is 17.7 Å². The number of benzene rings is 1. The van der Waals surface area contributed by atoms with E-state index in [0.29, 0.717) is 24.0 Å². The van der Waals surface area contributed by atoms with Crippen LogP contribution in [0.3, 0.4) is 0 Å². The molecule has 1 rings (SSSR count). The molecule has 0 atom stereocenters. The highest BCUT2D eigenvalue weighted by Gasteiger charge is 2.02. The van der Waals surface area contributed by atoms with Crippen molar-refractivity contribution in [1.82, 2.24) is 10.6 Å². The maximum atomic E-state index is 11.6. The van der Waals surface area contributed by atoms with Crippen LogP contribution in [0.15, 0.2) is 24.3 Å². The van der Waals surface area contributed by atoms with Crippen molar-refractivity contribution in [3.63, 3.8) is 0 Å². The summed E-state index contributed by atoms with van der Waals surface area (Å²) in [7, 11) is 0. The summed E-state index contributed by atoms with van der Waals surface area (Å²) in [5, 5.41) is 6.80. The lowest BCUT2D eigenvalue weighted by Gasteiger charge is -2.09. The highest BCUT2D eigenvalue weighted by molar-refractivity contribution is 6.30. The van der Waals surface area contributed by atoms with Crippen molar-refractivity contribution in [2.45, 2.75) is 26.3 Å². The topological polar surface area (TPSA) is 41.1 Å². The Labute approximate surface area is 108 Å². The largest absolute Gasteiger partial charge is 0.355 e. The second kappa shape index (κ2) is 7.30. The summed E-state index contributed by atoms with van der Waals surface area (Å²) < 4.78 is 0. The van der Waals surface area contributed by atoms with E-state index in [-0.39, 0.29) is 5.91 Å². The van der Waals surface area contributed by atoms with Crippen LogP contribution in [0.1, 0.15) is 19.4 Å². The summed E-state index contributed by atoms with van der Waals surface area (Å²) in [5.41, 5.74) is 0.976. The quantitative estimate of drug-likeness (QED) is 0.763. The molecule has 0 spiro atoms. The highest BCUT2D eigenvalue weighted by atomic mass is 35.5. The van der Waals surface area contributed by atoms with Crippen molar-refractivity contribution >= 4 is 17.5 Å². The smallest absolute Gasteiger partial charge is 0.224 e. The van der Waals surface area contributed by atoms with Crippen molar-refractivity contribution in [2.75, 3.05) is 13.1 Å². The van der Waals surface area contributed by atoms with E-state index in [1.807, 2.05) is 12.1 Å². The van der Waals surface area contributed by atoms with Gasteiger partial charge >= 0.3 is 0 Å². The summed E-state index contributed by atoms with van der Waals surface area (Å²) in [4.78, 5) is 11.6. The predicted octanol–water partition coefficient (Wildman–Crippen LogP) is 2.00. The first-order valence-electron chi connectivity index (χ1n) is 5.82.